The van der Waals surface area contributed by atoms with Gasteiger partial charge >= 0.3 is 0 Å². The average molecular weight is 405 g/mol. The van der Waals surface area contributed by atoms with Gasteiger partial charge in [0.05, 0.1) is 34.8 Å². The summed E-state index contributed by atoms with van der Waals surface area (Å²) in [5.74, 6) is 1.31. The zero-order chi connectivity index (χ0) is 20.4. The number of ether oxygens (including phenoxy) is 1. The molecule has 5 nitrogen and oxygen atoms in total. The van der Waals surface area contributed by atoms with Crippen LogP contribution in [-0.4, -0.2) is 30.2 Å². The van der Waals surface area contributed by atoms with Crippen LogP contribution in [0.2, 0.25) is 0 Å². The van der Waals surface area contributed by atoms with Crippen LogP contribution in [-0.2, 0) is 0 Å². The van der Waals surface area contributed by atoms with Gasteiger partial charge in [-0.15, -0.1) is 11.3 Å². The third kappa shape index (κ3) is 3.83. The largest absolute Gasteiger partial charge is 0.496 e. The Bertz CT molecular complexity index is 1060. The van der Waals surface area contributed by atoms with Gasteiger partial charge in [0.1, 0.15) is 11.8 Å². The predicted molar refractivity (Wildman–Crippen MR) is 117 cm³/mol. The van der Waals surface area contributed by atoms with Crippen LogP contribution in [0.15, 0.2) is 35.7 Å². The van der Waals surface area contributed by atoms with E-state index in [0.717, 1.165) is 60.0 Å². The van der Waals surface area contributed by atoms with Gasteiger partial charge in [0.15, 0.2) is 0 Å². The first-order chi connectivity index (χ1) is 14.1. The van der Waals surface area contributed by atoms with Crippen molar-refractivity contribution in [2.75, 3.05) is 25.1 Å². The molecular weight excluding hydrogens is 380 g/mol. The second kappa shape index (κ2) is 8.22. The second-order valence-electron chi connectivity index (χ2n) is 7.39. The van der Waals surface area contributed by atoms with Gasteiger partial charge in [-0.2, -0.15) is 5.26 Å². The number of pyridine rings is 1. The van der Waals surface area contributed by atoms with Crippen LogP contribution in [0.3, 0.4) is 0 Å². The summed E-state index contributed by atoms with van der Waals surface area (Å²) in [6, 6.07) is 12.4. The summed E-state index contributed by atoms with van der Waals surface area (Å²) >= 11 is 1.73. The van der Waals surface area contributed by atoms with Crippen LogP contribution in [0, 0.1) is 25.2 Å². The Hall–Kier alpha value is -2.91. The number of nitrogens with zero attached hydrogens (tertiary/aromatic N) is 4. The normalized spacial score (nSPS) is 14.6. The lowest BCUT2D eigenvalue weighted by Gasteiger charge is -2.33. The summed E-state index contributed by atoms with van der Waals surface area (Å²) in [6.07, 6.45) is 2.06. The van der Waals surface area contributed by atoms with Crippen LogP contribution < -0.4 is 9.64 Å². The summed E-state index contributed by atoms with van der Waals surface area (Å²) < 4.78 is 5.49. The average Bonchev–Trinajstić information content (AvgIpc) is 3.23. The molecule has 0 radical (unpaired) electrons. The molecule has 1 fully saturated rings. The van der Waals surface area contributed by atoms with E-state index >= 15 is 0 Å². The van der Waals surface area contributed by atoms with Gasteiger partial charge in [-0.3, -0.25) is 4.98 Å². The van der Waals surface area contributed by atoms with E-state index in [-0.39, 0.29) is 0 Å². The van der Waals surface area contributed by atoms with Gasteiger partial charge in [0, 0.05) is 35.6 Å². The Morgan fingerprint density at radius 2 is 1.93 bits per heavy atom. The number of hydrogen-bond donors (Lipinski definition) is 0. The minimum absolute atomic E-state index is 0.453. The minimum Gasteiger partial charge on any atom is -0.496 e. The number of thiazole rings is 1. The summed E-state index contributed by atoms with van der Waals surface area (Å²) in [6.45, 7) is 5.74. The highest BCUT2D eigenvalue weighted by Gasteiger charge is 2.25. The van der Waals surface area contributed by atoms with E-state index in [9.17, 15) is 5.26 Å². The van der Waals surface area contributed by atoms with Gasteiger partial charge in [-0.1, -0.05) is 12.1 Å². The van der Waals surface area contributed by atoms with Crippen molar-refractivity contribution in [2.45, 2.75) is 32.6 Å². The van der Waals surface area contributed by atoms with E-state index in [2.05, 4.69) is 27.4 Å². The van der Waals surface area contributed by atoms with Crippen molar-refractivity contribution < 1.29 is 4.74 Å². The number of methoxy groups -OCH3 is 1. The molecule has 0 N–H and O–H groups in total. The first kappa shape index (κ1) is 19.4. The third-order valence-electron chi connectivity index (χ3n) is 5.51. The Morgan fingerprint density at radius 1 is 1.17 bits per heavy atom. The van der Waals surface area contributed by atoms with Crippen molar-refractivity contribution in [3.63, 3.8) is 0 Å². The summed E-state index contributed by atoms with van der Waals surface area (Å²) in [5.41, 5.74) is 5.51. The summed E-state index contributed by atoms with van der Waals surface area (Å²) in [4.78, 5) is 11.7. The molecule has 148 valence electrons. The molecule has 3 aromatic rings. The lowest BCUT2D eigenvalue weighted by molar-refractivity contribution is 0.416. The molecular formula is C23H24N4OS. The molecule has 6 heteroatoms. The van der Waals surface area contributed by atoms with E-state index in [1.165, 1.54) is 5.01 Å². The van der Waals surface area contributed by atoms with Gasteiger partial charge in [-0.05, 0) is 44.9 Å². The maximum atomic E-state index is 9.57. The fourth-order valence-corrected chi connectivity index (χ4v) is 5.01. The van der Waals surface area contributed by atoms with E-state index in [0.29, 0.717) is 11.5 Å². The highest BCUT2D eigenvalue weighted by atomic mass is 32.1. The van der Waals surface area contributed by atoms with E-state index < -0.39 is 0 Å². The molecule has 0 saturated carbocycles. The monoisotopic (exact) mass is 404 g/mol. The highest BCUT2D eigenvalue weighted by Crippen LogP contribution is 2.37. The SMILES string of the molecule is COc1ccccc1-c1csc(C2CCN(c3cc(C)nc(C)c3C#N)CC2)n1. The molecule has 1 aliphatic heterocycles. The second-order valence-corrected chi connectivity index (χ2v) is 8.28. The van der Waals surface area contributed by atoms with Crippen LogP contribution >= 0.6 is 11.3 Å². The van der Waals surface area contributed by atoms with E-state index in [1.807, 2.05) is 38.1 Å². The van der Waals surface area contributed by atoms with E-state index in [1.54, 1.807) is 18.4 Å². The van der Waals surface area contributed by atoms with Crippen LogP contribution in [0.4, 0.5) is 5.69 Å². The summed E-state index contributed by atoms with van der Waals surface area (Å²) in [7, 11) is 1.69. The topological polar surface area (TPSA) is 62.0 Å². The zero-order valence-electron chi connectivity index (χ0n) is 17.0. The number of benzene rings is 1. The highest BCUT2D eigenvalue weighted by molar-refractivity contribution is 7.10. The number of rotatable bonds is 4. The Morgan fingerprint density at radius 3 is 2.66 bits per heavy atom. The zero-order valence-corrected chi connectivity index (χ0v) is 17.8. The standard InChI is InChI=1S/C23H24N4OS/c1-15-12-21(19(13-24)16(2)25-15)27-10-8-17(9-11-27)23-26-20(14-29-23)18-6-4-5-7-22(18)28-3/h4-7,12,14,17H,8-11H2,1-3H3. The van der Waals surface area contributed by atoms with Crippen LogP contribution in [0.25, 0.3) is 11.3 Å². The Labute approximate surface area is 175 Å². The van der Waals surface area contributed by atoms with Crippen molar-refractivity contribution >= 4 is 17.0 Å². The van der Waals surface area contributed by atoms with Gasteiger partial charge in [0.2, 0.25) is 0 Å². The fraction of sp³-hybridized carbons (Fsp3) is 0.348. The first-order valence-corrected chi connectivity index (χ1v) is 10.7. The molecule has 29 heavy (non-hydrogen) atoms. The molecule has 0 atom stereocenters. The summed E-state index contributed by atoms with van der Waals surface area (Å²) in [5, 5.41) is 12.9. The quantitative estimate of drug-likeness (QED) is 0.606. The number of nitriles is 1. The van der Waals surface area contributed by atoms with Gasteiger partial charge in [0.25, 0.3) is 0 Å². The molecule has 0 unspecified atom stereocenters. The van der Waals surface area contributed by atoms with Crippen molar-refractivity contribution in [2.24, 2.45) is 0 Å². The first-order valence-electron chi connectivity index (χ1n) is 9.82. The number of aryl methyl sites for hydroxylation is 2. The van der Waals surface area contributed by atoms with E-state index in [4.69, 9.17) is 9.72 Å². The molecule has 0 amide bonds. The fourth-order valence-electron chi connectivity index (χ4n) is 4.02. The van der Waals surface area contributed by atoms with Gasteiger partial charge < -0.3 is 9.64 Å². The maximum Gasteiger partial charge on any atom is 0.128 e. The number of para-hydroxylation sites is 1. The van der Waals surface area contributed by atoms with Crippen molar-refractivity contribution in [3.8, 4) is 23.1 Å². The molecule has 0 spiro atoms. The number of aromatic nitrogens is 2. The van der Waals surface area contributed by atoms with Gasteiger partial charge in [-0.25, -0.2) is 4.98 Å². The molecule has 4 rings (SSSR count). The Balaban J connectivity index is 1.50. The number of hydrogen-bond acceptors (Lipinski definition) is 6. The molecule has 1 aromatic carbocycles. The molecule has 0 bridgehead atoms. The third-order valence-corrected chi connectivity index (χ3v) is 6.52. The number of piperidine rings is 1. The maximum absolute atomic E-state index is 9.57. The number of anilines is 1. The molecule has 3 heterocycles. The predicted octanol–water partition coefficient (Wildman–Crippen LogP) is 5.09. The lowest BCUT2D eigenvalue weighted by atomic mass is 9.96. The lowest BCUT2D eigenvalue weighted by Crippen LogP contribution is -2.33. The molecule has 1 saturated heterocycles. The van der Waals surface area contributed by atoms with Crippen LogP contribution in [0.5, 0.6) is 5.75 Å². The molecule has 0 aliphatic carbocycles. The minimum atomic E-state index is 0.453. The van der Waals surface area contributed by atoms with Crippen molar-refractivity contribution in [1.82, 2.24) is 9.97 Å². The van der Waals surface area contributed by atoms with Crippen molar-refractivity contribution in [3.05, 3.63) is 57.7 Å². The Kier molecular flexibility index (Phi) is 5.50. The van der Waals surface area contributed by atoms with Crippen LogP contribution in [0.1, 0.15) is 40.7 Å². The smallest absolute Gasteiger partial charge is 0.128 e. The molecule has 1 aliphatic rings. The van der Waals surface area contributed by atoms with Crippen molar-refractivity contribution in [1.29, 1.82) is 5.26 Å². The molecule has 2 aromatic heterocycles.